The molecule has 2 aliphatic rings. The number of carboxylic acids is 1. The minimum absolute atomic E-state index is 0.0350. The molecule has 3 atom stereocenters. The summed E-state index contributed by atoms with van der Waals surface area (Å²) in [5, 5.41) is 11.9. The summed E-state index contributed by atoms with van der Waals surface area (Å²) in [5.41, 5.74) is 0.0829. The molecule has 3 unspecified atom stereocenters. The molecule has 1 aromatic rings. The fourth-order valence-electron chi connectivity index (χ4n) is 3.52. The number of nitrogens with one attached hydrogen (secondary N) is 1. The van der Waals surface area contributed by atoms with Crippen LogP contribution in [-0.4, -0.2) is 40.7 Å². The first-order valence-corrected chi connectivity index (χ1v) is 7.03. The molecule has 2 N–H and O–H groups in total. The minimum Gasteiger partial charge on any atom is -0.478 e. The second-order valence-corrected chi connectivity index (χ2v) is 6.25. The second-order valence-electron chi connectivity index (χ2n) is 6.25. The number of hydrogen-bond donors (Lipinski definition) is 2. The number of aromatic carboxylic acids is 1. The van der Waals surface area contributed by atoms with Crippen LogP contribution in [0, 0.1) is 11.3 Å². The van der Waals surface area contributed by atoms with Gasteiger partial charge in [0, 0.05) is 30.2 Å². The highest BCUT2D eigenvalue weighted by Gasteiger charge is 2.59. The zero-order valence-corrected chi connectivity index (χ0v) is 12.0. The highest BCUT2D eigenvalue weighted by Crippen LogP contribution is 2.52. The van der Waals surface area contributed by atoms with Crippen LogP contribution in [0.3, 0.4) is 0 Å². The molecule has 1 aliphatic carbocycles. The van der Waals surface area contributed by atoms with Gasteiger partial charge in [-0.25, -0.2) is 4.79 Å². The number of nitrogens with zero attached hydrogens (tertiary/aromatic N) is 1. The van der Waals surface area contributed by atoms with Gasteiger partial charge in [0.25, 0.3) is 5.91 Å². The topological polar surface area (TPSA) is 88.5 Å². The molecule has 0 aromatic carbocycles. The average Bonchev–Trinajstić information content (AvgIpc) is 2.91. The number of aromatic nitrogens is 1. The SMILES string of the molecule is CC1(C)C(NC(=O)c2cc(C(=O)O)ccn2)C2CCOC21. The molecule has 112 valence electrons. The maximum absolute atomic E-state index is 12.3. The number of pyridine rings is 1. The van der Waals surface area contributed by atoms with Crippen LogP contribution in [0.15, 0.2) is 18.3 Å². The van der Waals surface area contributed by atoms with Gasteiger partial charge in [-0.1, -0.05) is 13.8 Å². The predicted octanol–water partition coefficient (Wildman–Crippen LogP) is 1.32. The van der Waals surface area contributed by atoms with Crippen molar-refractivity contribution >= 4 is 11.9 Å². The maximum Gasteiger partial charge on any atom is 0.335 e. The molecule has 1 amide bonds. The van der Waals surface area contributed by atoms with Crippen molar-refractivity contribution in [3.05, 3.63) is 29.6 Å². The highest BCUT2D eigenvalue weighted by molar-refractivity contribution is 5.96. The van der Waals surface area contributed by atoms with E-state index >= 15 is 0 Å². The van der Waals surface area contributed by atoms with Gasteiger partial charge in [0.15, 0.2) is 0 Å². The number of ether oxygens (including phenoxy) is 1. The van der Waals surface area contributed by atoms with Gasteiger partial charge in [0.1, 0.15) is 5.69 Å². The van der Waals surface area contributed by atoms with Crippen molar-refractivity contribution in [1.29, 1.82) is 0 Å². The minimum atomic E-state index is -1.07. The van der Waals surface area contributed by atoms with Crippen molar-refractivity contribution in [1.82, 2.24) is 10.3 Å². The lowest BCUT2D eigenvalue weighted by Gasteiger charge is -2.54. The Balaban J connectivity index is 1.75. The first-order valence-electron chi connectivity index (χ1n) is 7.03. The smallest absolute Gasteiger partial charge is 0.335 e. The molecule has 0 bridgehead atoms. The number of rotatable bonds is 3. The number of hydrogen-bond acceptors (Lipinski definition) is 4. The fraction of sp³-hybridized carbons (Fsp3) is 0.533. The molecule has 1 aromatic heterocycles. The normalized spacial score (nSPS) is 29.3. The molecular formula is C15H18N2O4. The molecule has 3 rings (SSSR count). The van der Waals surface area contributed by atoms with E-state index in [9.17, 15) is 9.59 Å². The van der Waals surface area contributed by atoms with Crippen LogP contribution in [0.5, 0.6) is 0 Å². The molecule has 0 spiro atoms. The third-order valence-corrected chi connectivity index (χ3v) is 4.63. The van der Waals surface area contributed by atoms with E-state index in [-0.39, 0.29) is 34.7 Å². The monoisotopic (exact) mass is 290 g/mol. The third-order valence-electron chi connectivity index (χ3n) is 4.63. The van der Waals surface area contributed by atoms with Gasteiger partial charge < -0.3 is 15.2 Å². The summed E-state index contributed by atoms with van der Waals surface area (Å²) in [6.07, 6.45) is 2.48. The fourth-order valence-corrected chi connectivity index (χ4v) is 3.52. The van der Waals surface area contributed by atoms with E-state index in [1.807, 2.05) is 0 Å². The first kappa shape index (κ1) is 14.0. The van der Waals surface area contributed by atoms with Crippen molar-refractivity contribution in [3.8, 4) is 0 Å². The Morgan fingerprint density at radius 3 is 2.95 bits per heavy atom. The quantitative estimate of drug-likeness (QED) is 0.876. The van der Waals surface area contributed by atoms with E-state index in [1.54, 1.807) is 0 Å². The number of carbonyl (C=O) groups is 2. The Hall–Kier alpha value is -1.95. The summed E-state index contributed by atoms with van der Waals surface area (Å²) in [4.78, 5) is 27.2. The van der Waals surface area contributed by atoms with E-state index in [4.69, 9.17) is 9.84 Å². The van der Waals surface area contributed by atoms with E-state index in [0.29, 0.717) is 5.92 Å². The molecule has 2 fully saturated rings. The lowest BCUT2D eigenvalue weighted by Crippen LogP contribution is -2.66. The lowest BCUT2D eigenvalue weighted by molar-refractivity contribution is -0.108. The summed E-state index contributed by atoms with van der Waals surface area (Å²) < 4.78 is 5.69. The van der Waals surface area contributed by atoms with Crippen LogP contribution in [0.2, 0.25) is 0 Å². The molecule has 1 saturated carbocycles. The summed E-state index contributed by atoms with van der Waals surface area (Å²) >= 11 is 0. The van der Waals surface area contributed by atoms with Crippen molar-refractivity contribution in [2.24, 2.45) is 11.3 Å². The van der Waals surface area contributed by atoms with E-state index in [2.05, 4.69) is 24.1 Å². The summed E-state index contributed by atoms with van der Waals surface area (Å²) in [5.74, 6) is -1.06. The summed E-state index contributed by atoms with van der Waals surface area (Å²) in [7, 11) is 0. The number of fused-ring (bicyclic) bond motifs is 1. The van der Waals surface area contributed by atoms with Gasteiger partial charge >= 0.3 is 5.97 Å². The van der Waals surface area contributed by atoms with Crippen LogP contribution < -0.4 is 5.32 Å². The molecule has 6 nitrogen and oxygen atoms in total. The van der Waals surface area contributed by atoms with Crippen LogP contribution in [-0.2, 0) is 4.74 Å². The van der Waals surface area contributed by atoms with Gasteiger partial charge in [-0.15, -0.1) is 0 Å². The Morgan fingerprint density at radius 1 is 1.48 bits per heavy atom. The molecular weight excluding hydrogens is 272 g/mol. The average molecular weight is 290 g/mol. The summed E-state index contributed by atoms with van der Waals surface area (Å²) in [6, 6.07) is 2.70. The molecule has 21 heavy (non-hydrogen) atoms. The van der Waals surface area contributed by atoms with E-state index in [0.717, 1.165) is 13.0 Å². The van der Waals surface area contributed by atoms with Gasteiger partial charge in [0.2, 0.25) is 0 Å². The van der Waals surface area contributed by atoms with Crippen molar-refractivity contribution in [2.45, 2.75) is 32.4 Å². The standard InChI is InChI=1S/C15H18N2O4/c1-15(2)11(9-4-6-21-12(9)15)17-13(18)10-7-8(14(19)20)3-5-16-10/h3,5,7,9,11-12H,4,6H2,1-2H3,(H,17,18)(H,19,20). The van der Waals surface area contributed by atoms with Crippen LogP contribution in [0.4, 0.5) is 0 Å². The highest BCUT2D eigenvalue weighted by atomic mass is 16.5. The van der Waals surface area contributed by atoms with Crippen molar-refractivity contribution in [2.75, 3.05) is 6.61 Å². The molecule has 1 aliphatic heterocycles. The largest absolute Gasteiger partial charge is 0.478 e. The maximum atomic E-state index is 12.3. The predicted molar refractivity (Wildman–Crippen MR) is 74.1 cm³/mol. The van der Waals surface area contributed by atoms with Crippen LogP contribution >= 0.6 is 0 Å². The Bertz CT molecular complexity index is 599. The number of amides is 1. The lowest BCUT2D eigenvalue weighted by atomic mass is 9.57. The molecule has 2 heterocycles. The molecule has 6 heteroatoms. The molecule has 1 saturated heterocycles. The van der Waals surface area contributed by atoms with Gasteiger partial charge in [-0.3, -0.25) is 9.78 Å². The Kier molecular flexibility index (Phi) is 3.20. The number of carboxylic acid groups (broad SMARTS) is 1. The van der Waals surface area contributed by atoms with E-state index < -0.39 is 5.97 Å². The van der Waals surface area contributed by atoms with Gasteiger partial charge in [0.05, 0.1) is 11.7 Å². The van der Waals surface area contributed by atoms with Crippen molar-refractivity contribution < 1.29 is 19.4 Å². The first-order chi connectivity index (χ1) is 9.91. The van der Waals surface area contributed by atoms with Gasteiger partial charge in [-0.2, -0.15) is 0 Å². The third kappa shape index (κ3) is 2.19. The Labute approximate surface area is 122 Å². The van der Waals surface area contributed by atoms with E-state index in [1.165, 1.54) is 18.3 Å². The van der Waals surface area contributed by atoms with Crippen LogP contribution in [0.1, 0.15) is 41.1 Å². The molecule has 0 radical (unpaired) electrons. The van der Waals surface area contributed by atoms with Gasteiger partial charge in [-0.05, 0) is 18.6 Å². The second kappa shape index (κ2) is 4.80. The summed E-state index contributed by atoms with van der Waals surface area (Å²) in [6.45, 7) is 4.88. The zero-order chi connectivity index (χ0) is 15.2. The van der Waals surface area contributed by atoms with Crippen LogP contribution in [0.25, 0.3) is 0 Å². The zero-order valence-electron chi connectivity index (χ0n) is 12.0. The van der Waals surface area contributed by atoms with Crippen molar-refractivity contribution in [3.63, 3.8) is 0 Å². The Morgan fingerprint density at radius 2 is 2.24 bits per heavy atom. The number of carbonyl (C=O) groups excluding carboxylic acids is 1.